The van der Waals surface area contributed by atoms with Crippen molar-refractivity contribution >= 4 is 45.7 Å². The number of hydrogen-bond donors (Lipinski definition) is 2. The molecule has 0 atom stereocenters. The smallest absolute Gasteiger partial charge is 0.261 e. The highest BCUT2D eigenvalue weighted by molar-refractivity contribution is 8.01. The number of aryl methyl sites for hydroxylation is 1. The number of carbonyl (C=O) groups is 2. The molecule has 0 radical (unpaired) electrons. The van der Waals surface area contributed by atoms with Crippen LogP contribution in [0.25, 0.3) is 0 Å². The molecule has 2 aromatic carbocycles. The number of aromatic nitrogens is 2. The predicted molar refractivity (Wildman–Crippen MR) is 123 cm³/mol. The molecule has 0 fully saturated rings. The zero-order chi connectivity index (χ0) is 22.4. The molecule has 2 amide bonds. The molecule has 0 aliphatic rings. The van der Waals surface area contributed by atoms with Crippen molar-refractivity contribution in [2.75, 3.05) is 30.6 Å². The van der Waals surface area contributed by atoms with Gasteiger partial charge in [0.1, 0.15) is 11.5 Å². The van der Waals surface area contributed by atoms with Gasteiger partial charge < -0.3 is 14.8 Å². The summed E-state index contributed by atoms with van der Waals surface area (Å²) in [6.07, 6.45) is 0. The molecule has 0 saturated carbocycles. The number of rotatable bonds is 8. The minimum atomic E-state index is -0.375. The predicted octanol–water partition coefficient (Wildman–Crippen LogP) is 4.16. The highest BCUT2D eigenvalue weighted by Crippen LogP contribution is 2.28. The van der Waals surface area contributed by atoms with Gasteiger partial charge in [-0.05, 0) is 43.2 Å². The molecule has 3 rings (SSSR count). The van der Waals surface area contributed by atoms with Crippen molar-refractivity contribution in [3.05, 3.63) is 53.1 Å². The zero-order valence-corrected chi connectivity index (χ0v) is 19.1. The third kappa shape index (κ3) is 5.74. The van der Waals surface area contributed by atoms with Crippen LogP contribution in [0.15, 0.2) is 40.7 Å². The summed E-state index contributed by atoms with van der Waals surface area (Å²) in [6.45, 7) is 3.97. The van der Waals surface area contributed by atoms with Crippen molar-refractivity contribution in [2.24, 2.45) is 0 Å². The van der Waals surface area contributed by atoms with Crippen LogP contribution in [0.4, 0.5) is 10.8 Å². The van der Waals surface area contributed by atoms with Crippen molar-refractivity contribution in [3.8, 4) is 11.5 Å². The van der Waals surface area contributed by atoms with E-state index in [1.807, 2.05) is 32.0 Å². The molecule has 1 heterocycles. The van der Waals surface area contributed by atoms with Gasteiger partial charge in [0.25, 0.3) is 5.91 Å². The molecule has 8 nitrogen and oxygen atoms in total. The molecule has 0 aliphatic carbocycles. The average Bonchev–Trinajstić information content (AvgIpc) is 3.22. The maximum atomic E-state index is 12.6. The molecule has 31 heavy (non-hydrogen) atoms. The van der Waals surface area contributed by atoms with E-state index in [4.69, 9.17) is 9.47 Å². The second-order valence-corrected chi connectivity index (χ2v) is 8.68. The van der Waals surface area contributed by atoms with Crippen LogP contribution in [0.2, 0.25) is 0 Å². The van der Waals surface area contributed by atoms with Crippen molar-refractivity contribution < 1.29 is 19.1 Å². The number of nitrogens with zero attached hydrogens (tertiary/aromatic N) is 2. The van der Waals surface area contributed by atoms with Gasteiger partial charge in [-0.25, -0.2) is 0 Å². The zero-order valence-electron chi connectivity index (χ0n) is 17.5. The Kier molecular flexibility index (Phi) is 7.48. The molecule has 0 bridgehead atoms. The van der Waals surface area contributed by atoms with Gasteiger partial charge in [0, 0.05) is 11.8 Å². The van der Waals surface area contributed by atoms with Crippen LogP contribution in [-0.2, 0) is 4.79 Å². The molecule has 2 N–H and O–H groups in total. The third-order valence-corrected chi connectivity index (χ3v) is 6.46. The Balaban J connectivity index is 1.57. The molecule has 3 aromatic rings. The fourth-order valence-electron chi connectivity index (χ4n) is 2.67. The minimum absolute atomic E-state index is 0.137. The normalized spacial score (nSPS) is 10.5. The summed E-state index contributed by atoms with van der Waals surface area (Å²) in [6, 6.07) is 10.7. The second-order valence-electron chi connectivity index (χ2n) is 6.48. The van der Waals surface area contributed by atoms with Crippen molar-refractivity contribution in [2.45, 2.75) is 18.2 Å². The highest BCUT2D eigenvalue weighted by Gasteiger charge is 2.16. The van der Waals surface area contributed by atoms with Crippen LogP contribution in [0.5, 0.6) is 11.5 Å². The fraction of sp³-hybridized carbons (Fsp3) is 0.238. The summed E-state index contributed by atoms with van der Waals surface area (Å²) in [4.78, 5) is 24.8. The fourth-order valence-corrected chi connectivity index (χ4v) is 4.22. The Morgan fingerprint density at radius 3 is 2.61 bits per heavy atom. The molecule has 0 aliphatic heterocycles. The summed E-state index contributed by atoms with van der Waals surface area (Å²) in [7, 11) is 3.02. The van der Waals surface area contributed by atoms with Gasteiger partial charge in [-0.15, -0.1) is 10.2 Å². The van der Waals surface area contributed by atoms with Crippen LogP contribution in [0.1, 0.15) is 21.5 Å². The van der Waals surface area contributed by atoms with E-state index in [1.54, 1.807) is 18.2 Å². The summed E-state index contributed by atoms with van der Waals surface area (Å²) in [5.74, 6) is 0.644. The number of methoxy groups -OCH3 is 2. The van der Waals surface area contributed by atoms with Crippen LogP contribution in [-0.4, -0.2) is 42.0 Å². The van der Waals surface area contributed by atoms with Crippen molar-refractivity contribution in [1.29, 1.82) is 0 Å². The lowest BCUT2D eigenvalue weighted by molar-refractivity contribution is -0.113. The number of anilines is 2. The van der Waals surface area contributed by atoms with Crippen LogP contribution >= 0.6 is 23.1 Å². The molecular formula is C21H22N4O4S2. The van der Waals surface area contributed by atoms with Gasteiger partial charge in [-0.2, -0.15) is 0 Å². The van der Waals surface area contributed by atoms with Crippen LogP contribution in [0.3, 0.4) is 0 Å². The number of thioether (sulfide) groups is 1. The maximum Gasteiger partial charge on any atom is 0.261 e. The standard InChI is InChI=1S/C21H22N4O4S2/c1-12-6-5-7-16(13(12)2)22-18(26)11-30-21-25-24-20(31-21)23-19(27)15-9-8-14(28-3)10-17(15)29-4/h5-10H,11H2,1-4H3,(H,22,26)(H,23,24,27). The van der Waals surface area contributed by atoms with Gasteiger partial charge in [0.05, 0.1) is 25.5 Å². The van der Waals surface area contributed by atoms with Gasteiger partial charge in [-0.3, -0.25) is 14.9 Å². The molecule has 162 valence electrons. The molecule has 10 heteroatoms. The largest absolute Gasteiger partial charge is 0.497 e. The maximum absolute atomic E-state index is 12.6. The summed E-state index contributed by atoms with van der Waals surface area (Å²) in [5, 5.41) is 13.9. The van der Waals surface area contributed by atoms with Crippen LogP contribution < -0.4 is 20.1 Å². The third-order valence-electron chi connectivity index (χ3n) is 4.49. The van der Waals surface area contributed by atoms with E-state index in [9.17, 15) is 9.59 Å². The molecule has 0 saturated heterocycles. The lowest BCUT2D eigenvalue weighted by Gasteiger charge is -2.09. The van der Waals surface area contributed by atoms with Gasteiger partial charge in [0.15, 0.2) is 4.34 Å². The lowest BCUT2D eigenvalue weighted by Crippen LogP contribution is -2.15. The summed E-state index contributed by atoms with van der Waals surface area (Å²) in [5.41, 5.74) is 3.30. The van der Waals surface area contributed by atoms with Gasteiger partial charge >= 0.3 is 0 Å². The number of amides is 2. The molecule has 0 spiro atoms. The SMILES string of the molecule is COc1ccc(C(=O)Nc2nnc(SCC(=O)Nc3cccc(C)c3C)s2)c(OC)c1. The number of hydrogen-bond acceptors (Lipinski definition) is 8. The van der Waals surface area contributed by atoms with E-state index < -0.39 is 0 Å². The summed E-state index contributed by atoms with van der Waals surface area (Å²) >= 11 is 2.45. The molecular weight excluding hydrogens is 436 g/mol. The average molecular weight is 459 g/mol. The first-order valence-electron chi connectivity index (χ1n) is 9.27. The van der Waals surface area contributed by atoms with E-state index in [1.165, 1.54) is 37.3 Å². The lowest BCUT2D eigenvalue weighted by atomic mass is 10.1. The number of nitrogens with one attached hydrogen (secondary N) is 2. The van der Waals surface area contributed by atoms with E-state index in [-0.39, 0.29) is 17.6 Å². The quantitative estimate of drug-likeness (QED) is 0.386. The second kappa shape index (κ2) is 10.3. The highest BCUT2D eigenvalue weighted by atomic mass is 32.2. The number of benzene rings is 2. The van der Waals surface area contributed by atoms with Gasteiger partial charge in [0.2, 0.25) is 11.0 Å². The summed E-state index contributed by atoms with van der Waals surface area (Å²) < 4.78 is 11.0. The monoisotopic (exact) mass is 458 g/mol. The Morgan fingerprint density at radius 1 is 1.06 bits per heavy atom. The molecule has 1 aromatic heterocycles. The van der Waals surface area contributed by atoms with E-state index in [0.29, 0.717) is 26.5 Å². The first-order chi connectivity index (χ1) is 14.9. The minimum Gasteiger partial charge on any atom is -0.497 e. The van der Waals surface area contributed by atoms with Gasteiger partial charge in [-0.1, -0.05) is 35.2 Å². The Labute approximate surface area is 188 Å². The number of ether oxygens (including phenoxy) is 2. The van der Waals surface area contributed by atoms with Crippen molar-refractivity contribution in [3.63, 3.8) is 0 Å². The first kappa shape index (κ1) is 22.6. The van der Waals surface area contributed by atoms with Crippen molar-refractivity contribution in [1.82, 2.24) is 10.2 Å². The molecule has 0 unspecified atom stereocenters. The number of carbonyl (C=O) groups excluding carboxylic acids is 2. The van der Waals surface area contributed by atoms with E-state index in [0.717, 1.165) is 16.8 Å². The van der Waals surface area contributed by atoms with E-state index >= 15 is 0 Å². The Bertz CT molecular complexity index is 1100. The Hall–Kier alpha value is -3.11. The van der Waals surface area contributed by atoms with Crippen LogP contribution in [0, 0.1) is 13.8 Å². The Morgan fingerprint density at radius 2 is 1.87 bits per heavy atom. The topological polar surface area (TPSA) is 102 Å². The van der Waals surface area contributed by atoms with E-state index in [2.05, 4.69) is 20.8 Å². The first-order valence-corrected chi connectivity index (χ1v) is 11.1.